The number of anilines is 3. The van der Waals surface area contributed by atoms with E-state index in [2.05, 4.69) is 25.6 Å². The van der Waals surface area contributed by atoms with E-state index in [1.165, 1.54) is 12.1 Å². The van der Waals surface area contributed by atoms with E-state index in [4.69, 9.17) is 10.00 Å². The number of ether oxygens (including phenoxy) is 1. The summed E-state index contributed by atoms with van der Waals surface area (Å²) in [5, 5.41) is 16.8. The number of nitrogens with one attached hydrogen (secondary N) is 2. The first-order chi connectivity index (χ1) is 14.6. The van der Waals surface area contributed by atoms with Crippen LogP contribution in [0.25, 0.3) is 10.8 Å². The highest BCUT2D eigenvalue weighted by Crippen LogP contribution is 2.26. The molecule has 0 aliphatic heterocycles. The van der Waals surface area contributed by atoms with Crippen LogP contribution in [-0.2, 0) is 0 Å². The van der Waals surface area contributed by atoms with E-state index >= 15 is 0 Å². The predicted molar refractivity (Wildman–Crippen MR) is 112 cm³/mol. The molecule has 1 aromatic heterocycles. The molecule has 3 aromatic carbocycles. The molecule has 7 nitrogen and oxygen atoms in total. The third-order valence-corrected chi connectivity index (χ3v) is 4.22. The van der Waals surface area contributed by atoms with Crippen LogP contribution in [-0.4, -0.2) is 21.5 Å². The van der Waals surface area contributed by atoms with E-state index in [0.29, 0.717) is 18.2 Å². The Morgan fingerprint density at radius 2 is 1.77 bits per heavy atom. The molecule has 8 heteroatoms. The first-order valence-corrected chi connectivity index (χ1v) is 9.28. The number of nitriles is 1. The molecule has 2 N–H and O–H groups in total. The fourth-order valence-electron chi connectivity index (χ4n) is 2.84. The van der Waals surface area contributed by atoms with E-state index in [1.807, 2.05) is 55.5 Å². The van der Waals surface area contributed by atoms with Crippen molar-refractivity contribution >= 4 is 28.4 Å². The van der Waals surface area contributed by atoms with Crippen LogP contribution in [0.2, 0.25) is 0 Å². The van der Waals surface area contributed by atoms with Crippen molar-refractivity contribution in [2.75, 3.05) is 17.2 Å². The Bertz CT molecular complexity index is 1250. The lowest BCUT2D eigenvalue weighted by atomic mass is 10.1. The molecule has 0 aliphatic rings. The Hall–Kier alpha value is -4.25. The summed E-state index contributed by atoms with van der Waals surface area (Å²) < 4.78 is 20.1. The quantitative estimate of drug-likeness (QED) is 0.470. The highest BCUT2D eigenvalue weighted by atomic mass is 19.1. The van der Waals surface area contributed by atoms with Gasteiger partial charge in [0.15, 0.2) is 0 Å². The molecule has 0 fully saturated rings. The van der Waals surface area contributed by atoms with Gasteiger partial charge in [-0.1, -0.05) is 30.3 Å². The second-order valence-corrected chi connectivity index (χ2v) is 6.34. The number of fused-ring (bicyclic) bond motifs is 1. The number of rotatable bonds is 6. The van der Waals surface area contributed by atoms with Crippen molar-refractivity contribution in [3.63, 3.8) is 0 Å². The van der Waals surface area contributed by atoms with E-state index < -0.39 is 5.82 Å². The molecule has 30 heavy (non-hydrogen) atoms. The molecule has 0 saturated carbocycles. The molecular weight excluding hydrogens is 383 g/mol. The van der Waals surface area contributed by atoms with Gasteiger partial charge in [0.1, 0.15) is 11.6 Å². The Kier molecular flexibility index (Phi) is 5.35. The molecule has 0 radical (unpaired) electrons. The standard InChI is InChI=1S/C22H17FN6O/c1-2-25-20-27-21(26-19-10-7-14(13-24)11-18(19)23)29-22(28-20)30-17-9-8-15-5-3-4-6-16(15)12-17/h3-12H,2H2,1H3,(H2,25,26,27,28,29). The van der Waals surface area contributed by atoms with Crippen molar-refractivity contribution in [1.29, 1.82) is 5.26 Å². The minimum atomic E-state index is -0.587. The van der Waals surface area contributed by atoms with Crippen LogP contribution in [0.5, 0.6) is 11.8 Å². The van der Waals surface area contributed by atoms with Gasteiger partial charge in [-0.15, -0.1) is 0 Å². The molecule has 0 unspecified atom stereocenters. The maximum atomic E-state index is 14.2. The summed E-state index contributed by atoms with van der Waals surface area (Å²) in [4.78, 5) is 12.7. The second-order valence-electron chi connectivity index (χ2n) is 6.34. The van der Waals surface area contributed by atoms with Crippen LogP contribution >= 0.6 is 0 Å². The fraction of sp³-hybridized carbons (Fsp3) is 0.0909. The smallest absolute Gasteiger partial charge is 0.328 e. The molecule has 4 rings (SSSR count). The fourth-order valence-corrected chi connectivity index (χ4v) is 2.84. The highest BCUT2D eigenvalue weighted by molar-refractivity contribution is 5.83. The topological polar surface area (TPSA) is 95.8 Å². The minimum Gasteiger partial charge on any atom is -0.424 e. The third kappa shape index (κ3) is 4.25. The molecule has 0 bridgehead atoms. The van der Waals surface area contributed by atoms with Crippen LogP contribution in [0.15, 0.2) is 60.7 Å². The summed E-state index contributed by atoms with van der Waals surface area (Å²) in [5.41, 5.74) is 0.363. The Morgan fingerprint density at radius 1 is 0.967 bits per heavy atom. The van der Waals surface area contributed by atoms with Crippen molar-refractivity contribution in [1.82, 2.24) is 15.0 Å². The monoisotopic (exact) mass is 400 g/mol. The van der Waals surface area contributed by atoms with Crippen molar-refractivity contribution in [3.05, 3.63) is 72.0 Å². The SMILES string of the molecule is CCNc1nc(Nc2ccc(C#N)cc2F)nc(Oc2ccc3ccccc3c2)n1. The Morgan fingerprint density at radius 3 is 2.53 bits per heavy atom. The lowest BCUT2D eigenvalue weighted by Gasteiger charge is -2.11. The first-order valence-electron chi connectivity index (χ1n) is 9.28. The maximum absolute atomic E-state index is 14.2. The number of halogens is 1. The number of hydrogen-bond donors (Lipinski definition) is 2. The summed E-state index contributed by atoms with van der Waals surface area (Å²) in [7, 11) is 0. The lowest BCUT2D eigenvalue weighted by molar-refractivity contribution is 0.442. The Labute approximate surface area is 172 Å². The molecule has 0 spiro atoms. The highest BCUT2D eigenvalue weighted by Gasteiger charge is 2.11. The van der Waals surface area contributed by atoms with Crippen LogP contribution in [0.1, 0.15) is 12.5 Å². The van der Waals surface area contributed by atoms with Gasteiger partial charge in [0.25, 0.3) is 0 Å². The van der Waals surface area contributed by atoms with E-state index in [1.54, 1.807) is 0 Å². The normalized spacial score (nSPS) is 10.4. The van der Waals surface area contributed by atoms with Gasteiger partial charge in [0, 0.05) is 6.54 Å². The summed E-state index contributed by atoms with van der Waals surface area (Å²) >= 11 is 0. The van der Waals surface area contributed by atoms with Crippen molar-refractivity contribution in [2.45, 2.75) is 6.92 Å². The Balaban J connectivity index is 1.64. The largest absolute Gasteiger partial charge is 0.424 e. The van der Waals surface area contributed by atoms with Crippen molar-refractivity contribution < 1.29 is 9.13 Å². The van der Waals surface area contributed by atoms with Gasteiger partial charge in [-0.05, 0) is 48.0 Å². The molecule has 1 heterocycles. The molecule has 0 amide bonds. The van der Waals surface area contributed by atoms with E-state index in [-0.39, 0.29) is 23.2 Å². The molecule has 148 valence electrons. The molecule has 0 atom stereocenters. The second kappa shape index (κ2) is 8.41. The van der Waals surface area contributed by atoms with Crippen LogP contribution in [0, 0.1) is 17.1 Å². The van der Waals surface area contributed by atoms with Crippen molar-refractivity contribution in [2.24, 2.45) is 0 Å². The average Bonchev–Trinajstić information content (AvgIpc) is 2.75. The first kappa shape index (κ1) is 19.1. The van der Waals surface area contributed by atoms with Crippen molar-refractivity contribution in [3.8, 4) is 17.8 Å². The van der Waals surface area contributed by atoms with Crippen LogP contribution in [0.3, 0.4) is 0 Å². The van der Waals surface area contributed by atoms with E-state index in [0.717, 1.165) is 16.8 Å². The summed E-state index contributed by atoms with van der Waals surface area (Å²) in [6, 6.07) is 19.6. The summed E-state index contributed by atoms with van der Waals surface area (Å²) in [6.45, 7) is 2.49. The predicted octanol–water partition coefficient (Wildman–Crippen LogP) is 5.00. The summed E-state index contributed by atoms with van der Waals surface area (Å²) in [6.07, 6.45) is 0. The number of benzene rings is 3. The lowest BCUT2D eigenvalue weighted by Crippen LogP contribution is -2.08. The maximum Gasteiger partial charge on any atom is 0.328 e. The van der Waals surface area contributed by atoms with Gasteiger partial charge >= 0.3 is 6.01 Å². The molecule has 4 aromatic rings. The summed E-state index contributed by atoms with van der Waals surface area (Å²) in [5.74, 6) is 0.384. The van der Waals surface area contributed by atoms with E-state index in [9.17, 15) is 4.39 Å². The zero-order valence-electron chi connectivity index (χ0n) is 16.1. The van der Waals surface area contributed by atoms with Gasteiger partial charge in [0.05, 0.1) is 17.3 Å². The number of nitrogens with zero attached hydrogens (tertiary/aromatic N) is 4. The van der Waals surface area contributed by atoms with Gasteiger partial charge < -0.3 is 15.4 Å². The van der Waals surface area contributed by atoms with Gasteiger partial charge in [0.2, 0.25) is 11.9 Å². The van der Waals surface area contributed by atoms with Gasteiger partial charge in [-0.2, -0.15) is 20.2 Å². The molecule has 0 saturated heterocycles. The van der Waals surface area contributed by atoms with Crippen LogP contribution < -0.4 is 15.4 Å². The van der Waals surface area contributed by atoms with Crippen LogP contribution in [0.4, 0.5) is 22.0 Å². The zero-order valence-corrected chi connectivity index (χ0v) is 16.1. The number of aromatic nitrogens is 3. The molecule has 0 aliphatic carbocycles. The third-order valence-electron chi connectivity index (χ3n) is 4.22. The zero-order chi connectivity index (χ0) is 20.9. The minimum absolute atomic E-state index is 0.0628. The average molecular weight is 400 g/mol. The van der Waals surface area contributed by atoms with Gasteiger partial charge in [-0.25, -0.2) is 4.39 Å². The number of hydrogen-bond acceptors (Lipinski definition) is 7. The van der Waals surface area contributed by atoms with Gasteiger partial charge in [-0.3, -0.25) is 0 Å². The molecular formula is C22H17FN6O.